The molecule has 1 aliphatic heterocycles. The van der Waals surface area contributed by atoms with Gasteiger partial charge >= 0.3 is 5.69 Å². The van der Waals surface area contributed by atoms with Crippen molar-refractivity contribution in [3.05, 3.63) is 27.4 Å². The van der Waals surface area contributed by atoms with Gasteiger partial charge in [-0.1, -0.05) is 0 Å². The monoisotopic (exact) mass is 336 g/mol. The van der Waals surface area contributed by atoms with Crippen LogP contribution in [0.25, 0.3) is 0 Å². The Balaban J connectivity index is 1.93. The van der Waals surface area contributed by atoms with Crippen molar-refractivity contribution in [3.8, 4) is 0 Å². The second-order valence-corrected chi connectivity index (χ2v) is 6.73. The molecule has 0 aromatic carbocycles. The largest absolute Gasteiger partial charge is 0.378 e. The molecule has 1 saturated heterocycles. The van der Waals surface area contributed by atoms with E-state index in [4.69, 9.17) is 4.74 Å². The van der Waals surface area contributed by atoms with Crippen molar-refractivity contribution in [1.29, 1.82) is 0 Å². The number of ether oxygens (including phenoxy) is 1. The van der Waals surface area contributed by atoms with E-state index in [2.05, 4.69) is 34.0 Å². The van der Waals surface area contributed by atoms with Crippen LogP contribution in [-0.2, 0) is 16.0 Å². The van der Waals surface area contributed by atoms with Gasteiger partial charge < -0.3 is 15.0 Å². The molecule has 1 aliphatic rings. The van der Waals surface area contributed by atoms with Gasteiger partial charge in [0.25, 0.3) is 0 Å². The van der Waals surface area contributed by atoms with Crippen LogP contribution in [0.4, 0.5) is 0 Å². The lowest BCUT2D eigenvalue weighted by molar-refractivity contribution is -0.122. The zero-order valence-corrected chi connectivity index (χ0v) is 15.2. The summed E-state index contributed by atoms with van der Waals surface area (Å²) in [6.07, 6.45) is 0.949. The fourth-order valence-corrected chi connectivity index (χ4v) is 3.24. The van der Waals surface area contributed by atoms with Crippen LogP contribution < -0.4 is 11.0 Å². The average Bonchev–Trinajstić information content (AvgIpc) is 2.89. The highest BCUT2D eigenvalue weighted by Gasteiger charge is 2.34. The van der Waals surface area contributed by atoms with Gasteiger partial charge in [0.1, 0.15) is 0 Å². The first-order valence-corrected chi connectivity index (χ1v) is 8.44. The number of nitrogens with one attached hydrogen (secondary N) is 2. The van der Waals surface area contributed by atoms with E-state index in [1.54, 1.807) is 14.0 Å². The maximum Gasteiger partial charge on any atom is 0.345 e. The van der Waals surface area contributed by atoms with Crippen molar-refractivity contribution in [2.45, 2.75) is 58.7 Å². The summed E-state index contributed by atoms with van der Waals surface area (Å²) in [5.41, 5.74) is 2.05. The third kappa shape index (κ3) is 4.42. The van der Waals surface area contributed by atoms with Gasteiger partial charge in [-0.2, -0.15) is 4.98 Å². The summed E-state index contributed by atoms with van der Waals surface area (Å²) in [7, 11) is 1.69. The Morgan fingerprint density at radius 1 is 1.42 bits per heavy atom. The summed E-state index contributed by atoms with van der Waals surface area (Å²) in [4.78, 5) is 32.5. The van der Waals surface area contributed by atoms with Gasteiger partial charge in [-0.3, -0.25) is 9.69 Å². The molecule has 0 spiro atoms. The van der Waals surface area contributed by atoms with Crippen molar-refractivity contribution in [2.75, 3.05) is 20.2 Å². The second kappa shape index (κ2) is 7.90. The first kappa shape index (κ1) is 18.6. The molecule has 0 unspecified atom stereocenters. The summed E-state index contributed by atoms with van der Waals surface area (Å²) < 4.78 is 5.51. The number of methoxy groups -OCH3 is 1. The zero-order valence-electron chi connectivity index (χ0n) is 15.2. The lowest BCUT2D eigenvalue weighted by Crippen LogP contribution is -2.43. The number of H-pyrrole nitrogens is 1. The van der Waals surface area contributed by atoms with Crippen LogP contribution in [0.2, 0.25) is 0 Å². The number of carbonyl (C=O) groups is 1. The van der Waals surface area contributed by atoms with Crippen LogP contribution in [0.3, 0.4) is 0 Å². The lowest BCUT2D eigenvalue weighted by Gasteiger charge is -2.20. The minimum absolute atomic E-state index is 0.00217. The van der Waals surface area contributed by atoms with E-state index in [0.717, 1.165) is 24.3 Å². The molecule has 2 atom stereocenters. The second-order valence-electron chi connectivity index (χ2n) is 6.73. The minimum Gasteiger partial charge on any atom is -0.378 e. The summed E-state index contributed by atoms with van der Waals surface area (Å²) in [5, 5.41) is 3.09. The van der Waals surface area contributed by atoms with Crippen LogP contribution in [0.5, 0.6) is 0 Å². The number of nitrogens with zero attached hydrogens (tertiary/aromatic N) is 2. The van der Waals surface area contributed by atoms with Crippen LogP contribution in [-0.4, -0.2) is 59.2 Å². The maximum absolute atomic E-state index is 12.3. The first-order chi connectivity index (χ1) is 11.3. The zero-order chi connectivity index (χ0) is 17.9. The molecule has 0 bridgehead atoms. The SMILES string of the molecule is CO[C@H]1CN(C(C)C)C[C@@H]1NC(=O)CCc1c(C)nc(=O)[nH]c1C. The fourth-order valence-electron chi connectivity index (χ4n) is 3.24. The summed E-state index contributed by atoms with van der Waals surface area (Å²) in [6, 6.07) is 0.447. The van der Waals surface area contributed by atoms with Gasteiger partial charge in [-0.15, -0.1) is 0 Å². The number of aryl methyl sites for hydroxylation is 2. The highest BCUT2D eigenvalue weighted by molar-refractivity contribution is 5.76. The molecule has 1 amide bonds. The molecule has 0 radical (unpaired) electrons. The number of aromatic amines is 1. The quantitative estimate of drug-likeness (QED) is 0.792. The molecule has 1 aromatic heterocycles. The van der Waals surface area contributed by atoms with E-state index in [-0.39, 0.29) is 23.7 Å². The Hall–Kier alpha value is -1.73. The Kier molecular flexibility index (Phi) is 6.12. The lowest BCUT2D eigenvalue weighted by atomic mass is 10.1. The molecule has 134 valence electrons. The van der Waals surface area contributed by atoms with Crippen molar-refractivity contribution >= 4 is 5.91 Å². The van der Waals surface area contributed by atoms with Crippen molar-refractivity contribution in [3.63, 3.8) is 0 Å². The van der Waals surface area contributed by atoms with Crippen molar-refractivity contribution < 1.29 is 9.53 Å². The van der Waals surface area contributed by atoms with E-state index in [1.165, 1.54) is 0 Å². The Labute approximate surface area is 142 Å². The molecule has 1 aromatic rings. The Morgan fingerprint density at radius 2 is 2.12 bits per heavy atom. The highest BCUT2D eigenvalue weighted by Crippen LogP contribution is 2.16. The number of hydrogen-bond acceptors (Lipinski definition) is 5. The third-order valence-corrected chi connectivity index (χ3v) is 4.73. The number of carbonyl (C=O) groups excluding carboxylic acids is 1. The Morgan fingerprint density at radius 3 is 2.71 bits per heavy atom. The molecule has 7 nitrogen and oxygen atoms in total. The van der Waals surface area contributed by atoms with Gasteiger partial charge in [-0.25, -0.2) is 4.79 Å². The van der Waals surface area contributed by atoms with E-state index < -0.39 is 0 Å². The van der Waals surface area contributed by atoms with Crippen LogP contribution in [0.1, 0.15) is 37.2 Å². The van der Waals surface area contributed by atoms with E-state index in [0.29, 0.717) is 24.6 Å². The van der Waals surface area contributed by atoms with E-state index in [1.807, 2.05) is 6.92 Å². The Bertz CT molecular complexity index is 615. The standard InChI is InChI=1S/C17H28N4O3/c1-10(2)21-8-14(15(9-21)24-5)20-16(22)7-6-13-11(3)18-17(23)19-12(13)4/h10,14-15H,6-9H2,1-5H3,(H,20,22)(H,18,19,23)/t14-,15-/m0/s1. The normalized spacial score (nSPS) is 21.4. The fraction of sp³-hybridized carbons (Fsp3) is 0.706. The van der Waals surface area contributed by atoms with Crippen molar-refractivity contribution in [2.24, 2.45) is 0 Å². The van der Waals surface area contributed by atoms with E-state index in [9.17, 15) is 9.59 Å². The van der Waals surface area contributed by atoms with Crippen molar-refractivity contribution in [1.82, 2.24) is 20.2 Å². The molecule has 0 saturated carbocycles. The average molecular weight is 336 g/mol. The summed E-state index contributed by atoms with van der Waals surface area (Å²) in [6.45, 7) is 9.56. The van der Waals surface area contributed by atoms with Crippen LogP contribution in [0.15, 0.2) is 4.79 Å². The molecule has 2 rings (SSSR count). The molecular formula is C17H28N4O3. The molecule has 0 aliphatic carbocycles. The van der Waals surface area contributed by atoms with Gasteiger partial charge in [0.15, 0.2) is 0 Å². The molecular weight excluding hydrogens is 308 g/mol. The molecule has 1 fully saturated rings. The number of aromatic nitrogens is 2. The highest BCUT2D eigenvalue weighted by atomic mass is 16.5. The number of hydrogen-bond donors (Lipinski definition) is 2. The molecule has 24 heavy (non-hydrogen) atoms. The predicted molar refractivity (Wildman–Crippen MR) is 92.1 cm³/mol. The van der Waals surface area contributed by atoms with Crippen LogP contribution >= 0.6 is 0 Å². The van der Waals surface area contributed by atoms with Gasteiger partial charge in [0.05, 0.1) is 12.1 Å². The van der Waals surface area contributed by atoms with Gasteiger partial charge in [-0.05, 0) is 39.7 Å². The van der Waals surface area contributed by atoms with Gasteiger partial charge in [0.2, 0.25) is 5.91 Å². The maximum atomic E-state index is 12.3. The number of likely N-dealkylation sites (tertiary alicyclic amines) is 1. The topological polar surface area (TPSA) is 87.3 Å². The first-order valence-electron chi connectivity index (χ1n) is 8.44. The summed E-state index contributed by atoms with van der Waals surface area (Å²) >= 11 is 0. The van der Waals surface area contributed by atoms with Crippen LogP contribution in [0, 0.1) is 13.8 Å². The number of amides is 1. The smallest absolute Gasteiger partial charge is 0.345 e. The third-order valence-electron chi connectivity index (χ3n) is 4.73. The minimum atomic E-state index is -0.346. The summed E-state index contributed by atoms with van der Waals surface area (Å²) in [5.74, 6) is -0.00217. The van der Waals surface area contributed by atoms with Gasteiger partial charge in [0, 0.05) is 44.0 Å². The molecule has 7 heteroatoms. The van der Waals surface area contributed by atoms with E-state index >= 15 is 0 Å². The molecule has 2 N–H and O–H groups in total. The molecule has 2 heterocycles. The predicted octanol–water partition coefficient (Wildman–Crippen LogP) is 0.543. The number of rotatable bonds is 6.